The van der Waals surface area contributed by atoms with Crippen LogP contribution in [-0.4, -0.2) is 39.4 Å². The van der Waals surface area contributed by atoms with Gasteiger partial charge in [0.2, 0.25) is 5.91 Å². The molecule has 0 saturated carbocycles. The Morgan fingerprint density at radius 1 is 1.57 bits per heavy atom. The molecule has 2 heterocycles. The number of hydrogen-bond donors (Lipinski definition) is 1. The van der Waals surface area contributed by atoms with Crippen LogP contribution in [0.1, 0.15) is 26.0 Å². The van der Waals surface area contributed by atoms with Gasteiger partial charge < -0.3 is 10.2 Å². The number of nitrogens with zero attached hydrogens (tertiary/aromatic N) is 2. The second kappa shape index (κ2) is 7.09. The van der Waals surface area contributed by atoms with Gasteiger partial charge >= 0.3 is 0 Å². The van der Waals surface area contributed by atoms with Crippen molar-refractivity contribution in [3.05, 3.63) is 22.7 Å². The number of anilines is 1. The number of aryl methyl sites for hydroxylation is 1. The molecule has 1 N–H and O–H groups in total. The van der Waals surface area contributed by atoms with Crippen LogP contribution in [-0.2, 0) is 9.59 Å². The largest absolute Gasteiger partial charge is 0.317 e. The fourth-order valence-corrected chi connectivity index (χ4v) is 3.93. The fourth-order valence-electron chi connectivity index (χ4n) is 2.08. The predicted octanol–water partition coefficient (Wildman–Crippen LogP) is 2.65. The van der Waals surface area contributed by atoms with Crippen LogP contribution in [0.3, 0.4) is 0 Å². The van der Waals surface area contributed by atoms with Crippen LogP contribution in [0.15, 0.2) is 17.0 Å². The summed E-state index contributed by atoms with van der Waals surface area (Å²) in [6.45, 7) is 5.67. The first-order valence-corrected chi connectivity index (χ1v) is 8.84. The summed E-state index contributed by atoms with van der Waals surface area (Å²) >= 11 is 2.99. The highest BCUT2D eigenvalue weighted by Gasteiger charge is 2.35. The number of hydrogen-bond acceptors (Lipinski definition) is 5. The van der Waals surface area contributed by atoms with E-state index in [0.29, 0.717) is 22.3 Å². The van der Waals surface area contributed by atoms with Crippen molar-refractivity contribution in [1.29, 1.82) is 0 Å². The van der Waals surface area contributed by atoms with Gasteiger partial charge in [-0.25, -0.2) is 4.98 Å². The Hall–Kier alpha value is -1.34. The van der Waals surface area contributed by atoms with Crippen molar-refractivity contribution in [3.63, 3.8) is 0 Å². The lowest BCUT2D eigenvalue weighted by Gasteiger charge is -2.23. The molecule has 1 fully saturated rings. The fraction of sp³-hybridized carbons (Fsp3) is 0.500. The number of thioether (sulfide) groups is 1. The van der Waals surface area contributed by atoms with Crippen molar-refractivity contribution >= 4 is 40.0 Å². The lowest BCUT2D eigenvalue weighted by molar-refractivity contribution is -0.133. The van der Waals surface area contributed by atoms with Crippen molar-refractivity contribution in [2.45, 2.75) is 33.2 Å². The summed E-state index contributed by atoms with van der Waals surface area (Å²) in [5, 5.41) is 5.27. The Balaban J connectivity index is 2.05. The van der Waals surface area contributed by atoms with Gasteiger partial charge in [-0.2, -0.15) is 0 Å². The Bertz CT molecular complexity index is 568. The molecule has 0 bridgehead atoms. The van der Waals surface area contributed by atoms with Gasteiger partial charge in [0, 0.05) is 16.7 Å². The van der Waals surface area contributed by atoms with E-state index in [-0.39, 0.29) is 11.8 Å². The summed E-state index contributed by atoms with van der Waals surface area (Å²) in [6.07, 6.45) is 2.71. The van der Waals surface area contributed by atoms with Gasteiger partial charge in [0.15, 0.2) is 5.13 Å². The number of carbonyl (C=O) groups excluding carboxylic acids is 2. The van der Waals surface area contributed by atoms with E-state index in [4.69, 9.17) is 0 Å². The molecular weight excluding hydrogens is 306 g/mol. The Labute approximate surface area is 132 Å². The first kappa shape index (κ1) is 16.0. The maximum absolute atomic E-state index is 12.4. The molecule has 0 aliphatic carbocycles. The number of rotatable bonds is 4. The number of thiazole rings is 1. The number of aromatic nitrogens is 1. The van der Waals surface area contributed by atoms with Gasteiger partial charge in [-0.1, -0.05) is 13.0 Å². The Morgan fingerprint density at radius 3 is 2.95 bits per heavy atom. The summed E-state index contributed by atoms with van der Waals surface area (Å²) in [5.74, 6) is 0.966. The number of carbonyl (C=O) groups is 2. The van der Waals surface area contributed by atoms with Crippen LogP contribution < -0.4 is 5.32 Å². The average molecular weight is 325 g/mol. The Kier molecular flexibility index (Phi) is 5.41. The van der Waals surface area contributed by atoms with Crippen molar-refractivity contribution in [2.75, 3.05) is 16.9 Å². The molecule has 2 rings (SSSR count). The molecule has 114 valence electrons. The van der Waals surface area contributed by atoms with Gasteiger partial charge in [0.1, 0.15) is 6.04 Å². The van der Waals surface area contributed by atoms with E-state index < -0.39 is 6.04 Å². The van der Waals surface area contributed by atoms with E-state index in [2.05, 4.69) is 10.3 Å². The first-order valence-electron chi connectivity index (χ1n) is 6.81. The molecule has 0 unspecified atom stereocenters. The van der Waals surface area contributed by atoms with Crippen molar-refractivity contribution < 1.29 is 9.59 Å². The smallest absolute Gasteiger partial charge is 0.250 e. The Morgan fingerprint density at radius 2 is 2.33 bits per heavy atom. The van der Waals surface area contributed by atoms with Gasteiger partial charge in [0.05, 0.1) is 11.6 Å². The van der Waals surface area contributed by atoms with Gasteiger partial charge in [-0.05, 0) is 20.3 Å². The van der Waals surface area contributed by atoms with Crippen LogP contribution >= 0.6 is 23.1 Å². The molecule has 1 atom stereocenters. The third-order valence-corrected chi connectivity index (χ3v) is 5.03. The standard InChI is InChI=1S/C14H19N3O2S2/c1-4-5-9(2)13(19)17-8-20-7-11(17)12(18)16-14-15-10(3)6-21-14/h5-6,11H,4,7-8H2,1-3H3,(H,15,16,18)/b9-5+/t11-/m1/s1. The summed E-state index contributed by atoms with van der Waals surface area (Å²) in [6, 6.07) is -0.424. The molecule has 0 radical (unpaired) electrons. The lowest BCUT2D eigenvalue weighted by Crippen LogP contribution is -2.44. The molecule has 5 nitrogen and oxygen atoms in total. The van der Waals surface area contributed by atoms with Crippen LogP contribution in [0.4, 0.5) is 5.13 Å². The molecule has 1 saturated heterocycles. The summed E-state index contributed by atoms with van der Waals surface area (Å²) in [7, 11) is 0. The SMILES string of the molecule is CC/C=C(\C)C(=O)N1CSC[C@@H]1C(=O)Nc1nc(C)cs1. The molecule has 1 aromatic rings. The molecule has 1 aliphatic heterocycles. The van der Waals surface area contributed by atoms with Crippen LogP contribution in [0.25, 0.3) is 0 Å². The number of amides is 2. The van der Waals surface area contributed by atoms with E-state index in [1.165, 1.54) is 11.3 Å². The normalized spacial score (nSPS) is 18.9. The van der Waals surface area contributed by atoms with E-state index >= 15 is 0 Å². The minimum atomic E-state index is -0.424. The van der Waals surface area contributed by atoms with Crippen LogP contribution in [0, 0.1) is 6.92 Å². The summed E-state index contributed by atoms with van der Waals surface area (Å²) in [4.78, 5) is 30.6. The quantitative estimate of drug-likeness (QED) is 0.865. The third-order valence-electron chi connectivity index (χ3n) is 3.14. The van der Waals surface area contributed by atoms with Crippen LogP contribution in [0.2, 0.25) is 0 Å². The summed E-state index contributed by atoms with van der Waals surface area (Å²) < 4.78 is 0. The second-order valence-corrected chi connectivity index (χ2v) is 6.73. The number of nitrogens with one attached hydrogen (secondary N) is 1. The molecular formula is C14H19N3O2S2. The van der Waals surface area contributed by atoms with Gasteiger partial charge in [-0.15, -0.1) is 23.1 Å². The molecule has 1 aliphatic rings. The second-order valence-electron chi connectivity index (χ2n) is 4.87. The van der Waals surface area contributed by atoms with Crippen molar-refractivity contribution in [2.24, 2.45) is 0 Å². The zero-order valence-corrected chi connectivity index (χ0v) is 14.0. The monoisotopic (exact) mass is 325 g/mol. The maximum Gasteiger partial charge on any atom is 0.250 e. The van der Waals surface area contributed by atoms with Gasteiger partial charge in [-0.3, -0.25) is 9.59 Å². The average Bonchev–Trinajstić information content (AvgIpc) is 3.07. The van der Waals surface area contributed by atoms with Crippen LogP contribution in [0.5, 0.6) is 0 Å². The minimum Gasteiger partial charge on any atom is -0.317 e. The van der Waals surface area contributed by atoms with Crippen molar-refractivity contribution in [3.8, 4) is 0 Å². The van der Waals surface area contributed by atoms with Crippen molar-refractivity contribution in [1.82, 2.24) is 9.88 Å². The molecule has 0 spiro atoms. The highest BCUT2D eigenvalue weighted by Crippen LogP contribution is 2.24. The highest BCUT2D eigenvalue weighted by molar-refractivity contribution is 7.99. The van der Waals surface area contributed by atoms with Gasteiger partial charge in [0.25, 0.3) is 5.91 Å². The molecule has 21 heavy (non-hydrogen) atoms. The minimum absolute atomic E-state index is 0.0580. The zero-order chi connectivity index (χ0) is 15.4. The molecule has 7 heteroatoms. The topological polar surface area (TPSA) is 62.3 Å². The molecule has 2 amide bonds. The molecule has 1 aromatic heterocycles. The van der Waals surface area contributed by atoms with E-state index in [0.717, 1.165) is 12.1 Å². The van der Waals surface area contributed by atoms with E-state index in [1.54, 1.807) is 23.6 Å². The maximum atomic E-state index is 12.4. The highest BCUT2D eigenvalue weighted by atomic mass is 32.2. The summed E-state index contributed by atoms with van der Waals surface area (Å²) in [5.41, 5.74) is 1.58. The first-order chi connectivity index (χ1) is 10.0. The number of allylic oxidation sites excluding steroid dienone is 1. The van der Waals surface area contributed by atoms with E-state index in [1.807, 2.05) is 25.3 Å². The lowest BCUT2D eigenvalue weighted by atomic mass is 10.2. The predicted molar refractivity (Wildman–Crippen MR) is 87.5 cm³/mol. The van der Waals surface area contributed by atoms with E-state index in [9.17, 15) is 9.59 Å². The molecule has 0 aromatic carbocycles. The zero-order valence-electron chi connectivity index (χ0n) is 12.4. The third kappa shape index (κ3) is 3.85.